The lowest BCUT2D eigenvalue weighted by molar-refractivity contribution is 0.404. The zero-order valence-corrected chi connectivity index (χ0v) is 15.9. The molecule has 24 heavy (non-hydrogen) atoms. The van der Waals surface area contributed by atoms with E-state index in [0.717, 1.165) is 37.7 Å². The molecule has 2 aromatic carbocycles. The van der Waals surface area contributed by atoms with Crippen molar-refractivity contribution in [1.29, 1.82) is 0 Å². The average Bonchev–Trinajstić information content (AvgIpc) is 3.10. The van der Waals surface area contributed by atoms with E-state index >= 15 is 0 Å². The van der Waals surface area contributed by atoms with Gasteiger partial charge in [0.2, 0.25) is 0 Å². The number of hydrogen-bond donors (Lipinski definition) is 0. The predicted octanol–water partition coefficient (Wildman–Crippen LogP) is 5.51. The van der Waals surface area contributed by atoms with Gasteiger partial charge in [0.1, 0.15) is 17.2 Å². The molecule has 1 aromatic heterocycles. The minimum atomic E-state index is 0.694. The molecule has 0 fully saturated rings. The lowest BCUT2D eigenvalue weighted by Crippen LogP contribution is -1.90. The highest BCUT2D eigenvalue weighted by Crippen LogP contribution is 2.41. The second-order valence-electron chi connectivity index (χ2n) is 4.96. The molecular weight excluding hydrogens is 390 g/mol. The van der Waals surface area contributed by atoms with Gasteiger partial charge in [0.25, 0.3) is 0 Å². The Labute approximate surface area is 153 Å². The van der Waals surface area contributed by atoms with Crippen LogP contribution in [-0.4, -0.2) is 25.5 Å². The molecule has 3 aromatic rings. The van der Waals surface area contributed by atoms with Gasteiger partial charge < -0.3 is 13.9 Å². The minimum Gasteiger partial charge on any atom is -0.497 e. The molecule has 124 valence electrons. The third kappa shape index (κ3) is 3.16. The molecule has 0 spiro atoms. The number of rotatable bonds is 5. The van der Waals surface area contributed by atoms with Crippen molar-refractivity contribution in [1.82, 2.24) is 4.98 Å². The highest BCUT2D eigenvalue weighted by Gasteiger charge is 2.17. The number of oxazole rings is 1. The Bertz CT molecular complexity index is 863. The number of aromatic nitrogens is 1. The molecule has 4 nitrogen and oxygen atoms in total. The van der Waals surface area contributed by atoms with Crippen LogP contribution in [0.25, 0.3) is 22.6 Å². The SMILES string of the molecule is COc1cccc(-c2ocnc2-c2cc(Br)c(SC)c(OC)c2)c1. The molecule has 3 rings (SSSR count). The fourth-order valence-electron chi connectivity index (χ4n) is 2.48. The molecule has 0 radical (unpaired) electrons. The highest BCUT2D eigenvalue weighted by molar-refractivity contribution is 9.10. The maximum absolute atomic E-state index is 5.65. The van der Waals surface area contributed by atoms with E-state index in [0.29, 0.717) is 5.76 Å². The molecule has 1 heterocycles. The second kappa shape index (κ2) is 7.32. The van der Waals surface area contributed by atoms with Gasteiger partial charge in [0.15, 0.2) is 12.2 Å². The van der Waals surface area contributed by atoms with Crippen LogP contribution < -0.4 is 9.47 Å². The molecule has 0 amide bonds. The summed E-state index contributed by atoms with van der Waals surface area (Å²) < 4.78 is 17.4. The Balaban J connectivity index is 2.12. The summed E-state index contributed by atoms with van der Waals surface area (Å²) >= 11 is 5.23. The lowest BCUT2D eigenvalue weighted by Gasteiger charge is -2.11. The zero-order chi connectivity index (χ0) is 17.1. The maximum Gasteiger partial charge on any atom is 0.182 e. The molecule has 0 saturated carbocycles. The van der Waals surface area contributed by atoms with Crippen LogP contribution in [0.5, 0.6) is 11.5 Å². The molecule has 0 aliphatic rings. The normalized spacial score (nSPS) is 10.7. The quantitative estimate of drug-likeness (QED) is 0.523. The van der Waals surface area contributed by atoms with Crippen molar-refractivity contribution in [3.8, 4) is 34.1 Å². The number of nitrogens with zero attached hydrogens (tertiary/aromatic N) is 1. The molecule has 0 bridgehead atoms. The van der Waals surface area contributed by atoms with Crippen LogP contribution in [0.2, 0.25) is 0 Å². The lowest BCUT2D eigenvalue weighted by atomic mass is 10.1. The maximum atomic E-state index is 5.65. The van der Waals surface area contributed by atoms with Crippen molar-refractivity contribution in [3.05, 3.63) is 47.3 Å². The van der Waals surface area contributed by atoms with E-state index < -0.39 is 0 Å². The van der Waals surface area contributed by atoms with Crippen molar-refractivity contribution in [2.75, 3.05) is 20.5 Å². The third-order valence-electron chi connectivity index (χ3n) is 3.61. The smallest absolute Gasteiger partial charge is 0.182 e. The molecule has 0 unspecified atom stereocenters. The Morgan fingerprint density at radius 1 is 1.08 bits per heavy atom. The van der Waals surface area contributed by atoms with Crippen LogP contribution in [0, 0.1) is 0 Å². The number of benzene rings is 2. The molecule has 0 N–H and O–H groups in total. The van der Waals surface area contributed by atoms with Crippen LogP contribution >= 0.6 is 27.7 Å². The van der Waals surface area contributed by atoms with Crippen LogP contribution in [0.1, 0.15) is 0 Å². The van der Waals surface area contributed by atoms with Crippen molar-refractivity contribution < 1.29 is 13.9 Å². The fourth-order valence-corrected chi connectivity index (χ4v) is 4.00. The predicted molar refractivity (Wildman–Crippen MR) is 100.0 cm³/mol. The Morgan fingerprint density at radius 3 is 2.62 bits per heavy atom. The Morgan fingerprint density at radius 2 is 1.92 bits per heavy atom. The summed E-state index contributed by atoms with van der Waals surface area (Å²) in [6, 6.07) is 11.7. The largest absolute Gasteiger partial charge is 0.497 e. The van der Waals surface area contributed by atoms with Crippen LogP contribution in [-0.2, 0) is 0 Å². The van der Waals surface area contributed by atoms with Gasteiger partial charge in [-0.05, 0) is 46.5 Å². The van der Waals surface area contributed by atoms with Gasteiger partial charge in [-0.25, -0.2) is 4.98 Å². The van der Waals surface area contributed by atoms with Crippen molar-refractivity contribution in [2.24, 2.45) is 0 Å². The summed E-state index contributed by atoms with van der Waals surface area (Å²) in [6.45, 7) is 0. The second-order valence-corrected chi connectivity index (χ2v) is 6.63. The molecular formula is C18H16BrNO3S. The van der Waals surface area contributed by atoms with E-state index in [4.69, 9.17) is 13.9 Å². The summed E-state index contributed by atoms with van der Waals surface area (Å²) in [4.78, 5) is 5.45. The Kier molecular flexibility index (Phi) is 5.16. The topological polar surface area (TPSA) is 44.5 Å². The summed E-state index contributed by atoms with van der Waals surface area (Å²) in [6.07, 6.45) is 3.47. The van der Waals surface area contributed by atoms with Crippen LogP contribution in [0.3, 0.4) is 0 Å². The van der Waals surface area contributed by atoms with E-state index in [1.807, 2.05) is 42.7 Å². The summed E-state index contributed by atoms with van der Waals surface area (Å²) in [5.74, 6) is 2.26. The van der Waals surface area contributed by atoms with Crippen molar-refractivity contribution in [3.63, 3.8) is 0 Å². The van der Waals surface area contributed by atoms with Gasteiger partial charge in [-0.3, -0.25) is 0 Å². The first-order valence-electron chi connectivity index (χ1n) is 7.17. The number of thioether (sulfide) groups is 1. The monoisotopic (exact) mass is 405 g/mol. The fraction of sp³-hybridized carbons (Fsp3) is 0.167. The molecule has 0 atom stereocenters. The van der Waals surface area contributed by atoms with E-state index in [2.05, 4.69) is 20.9 Å². The van der Waals surface area contributed by atoms with E-state index in [1.54, 1.807) is 26.0 Å². The van der Waals surface area contributed by atoms with Crippen LogP contribution in [0.4, 0.5) is 0 Å². The van der Waals surface area contributed by atoms with Gasteiger partial charge in [0, 0.05) is 15.6 Å². The molecule has 0 aliphatic carbocycles. The number of ether oxygens (including phenoxy) is 2. The van der Waals surface area contributed by atoms with Gasteiger partial charge >= 0.3 is 0 Å². The molecule has 0 aliphatic heterocycles. The third-order valence-corrected chi connectivity index (χ3v) is 5.32. The number of methoxy groups -OCH3 is 2. The summed E-state index contributed by atoms with van der Waals surface area (Å²) in [5.41, 5.74) is 2.59. The van der Waals surface area contributed by atoms with E-state index in [1.165, 1.54) is 6.39 Å². The number of halogens is 1. The molecule has 6 heteroatoms. The highest BCUT2D eigenvalue weighted by atomic mass is 79.9. The Hall–Kier alpha value is -1.92. The standard InChI is InChI=1S/C18H16BrNO3S/c1-21-13-6-4-5-11(7-13)17-16(20-10-23-17)12-8-14(19)18(24-3)15(9-12)22-2/h4-10H,1-3H3. The first-order chi connectivity index (χ1) is 11.7. The van der Waals surface area contributed by atoms with Gasteiger partial charge in [-0.2, -0.15) is 0 Å². The zero-order valence-electron chi connectivity index (χ0n) is 13.5. The van der Waals surface area contributed by atoms with E-state index in [9.17, 15) is 0 Å². The minimum absolute atomic E-state index is 0.694. The van der Waals surface area contributed by atoms with Gasteiger partial charge in [0.05, 0.1) is 19.1 Å². The van der Waals surface area contributed by atoms with Crippen molar-refractivity contribution >= 4 is 27.7 Å². The average molecular weight is 406 g/mol. The summed E-state index contributed by atoms with van der Waals surface area (Å²) in [7, 11) is 3.31. The molecule has 0 saturated heterocycles. The first kappa shape index (κ1) is 16.9. The number of hydrogen-bond acceptors (Lipinski definition) is 5. The summed E-state index contributed by atoms with van der Waals surface area (Å²) in [5, 5.41) is 0. The van der Waals surface area contributed by atoms with Crippen molar-refractivity contribution in [2.45, 2.75) is 4.90 Å². The van der Waals surface area contributed by atoms with E-state index in [-0.39, 0.29) is 0 Å². The van der Waals surface area contributed by atoms with Gasteiger partial charge in [-0.15, -0.1) is 11.8 Å². The van der Waals surface area contributed by atoms with Gasteiger partial charge in [-0.1, -0.05) is 12.1 Å². The van der Waals surface area contributed by atoms with Crippen LogP contribution in [0.15, 0.2) is 56.6 Å². The first-order valence-corrected chi connectivity index (χ1v) is 9.19.